The Morgan fingerprint density at radius 3 is 2.52 bits per heavy atom. The molecule has 3 unspecified atom stereocenters. The molecule has 1 aromatic rings. The van der Waals surface area contributed by atoms with Gasteiger partial charge in [-0.3, -0.25) is 19.3 Å². The molecule has 3 aliphatic rings. The zero-order valence-corrected chi connectivity index (χ0v) is 18.5. The predicted molar refractivity (Wildman–Crippen MR) is 119 cm³/mol. The van der Waals surface area contributed by atoms with Crippen LogP contribution in [0.15, 0.2) is 30.3 Å². The molecular weight excluding hydrogens is 416 g/mol. The van der Waals surface area contributed by atoms with Crippen molar-refractivity contribution in [2.24, 2.45) is 11.8 Å². The number of ether oxygens (including phenoxy) is 1. The second kappa shape index (κ2) is 9.21. The summed E-state index contributed by atoms with van der Waals surface area (Å²) in [5.41, 5.74) is 1.15. The number of benzene rings is 1. The molecule has 1 aromatic carbocycles. The third-order valence-corrected chi connectivity index (χ3v) is 6.91. The SMILES string of the molecule is COC(=O)C1CCC2C(=O)N(CC(=O)N3CCN(c4ccccc4)CC3)C(=S)NC2C1. The highest BCUT2D eigenvalue weighted by Crippen LogP contribution is 2.33. The van der Waals surface area contributed by atoms with E-state index in [1.54, 1.807) is 4.90 Å². The molecule has 1 saturated carbocycles. The Kier molecular flexibility index (Phi) is 6.41. The Morgan fingerprint density at radius 1 is 1.13 bits per heavy atom. The lowest BCUT2D eigenvalue weighted by Crippen LogP contribution is -2.63. The molecule has 3 atom stereocenters. The van der Waals surface area contributed by atoms with Gasteiger partial charge in [0, 0.05) is 37.9 Å². The molecule has 1 aliphatic carbocycles. The number of fused-ring (bicyclic) bond motifs is 1. The molecule has 166 valence electrons. The van der Waals surface area contributed by atoms with Crippen molar-refractivity contribution in [3.8, 4) is 0 Å². The van der Waals surface area contributed by atoms with E-state index in [-0.39, 0.29) is 47.3 Å². The van der Waals surface area contributed by atoms with Crippen LogP contribution in [0.1, 0.15) is 19.3 Å². The smallest absolute Gasteiger partial charge is 0.308 e. The summed E-state index contributed by atoms with van der Waals surface area (Å²) in [6.07, 6.45) is 1.71. The van der Waals surface area contributed by atoms with E-state index in [0.29, 0.717) is 32.4 Å². The topological polar surface area (TPSA) is 82.2 Å². The average molecular weight is 445 g/mol. The number of carbonyl (C=O) groups excluding carboxylic acids is 3. The minimum absolute atomic E-state index is 0.0420. The standard InChI is InChI=1S/C22H28N4O4S/c1-30-21(29)15-7-8-17-18(13-15)23-22(31)26(20(17)28)14-19(27)25-11-9-24(10-12-25)16-5-3-2-4-6-16/h2-6,15,17-18H,7-14H2,1H3,(H,23,31). The summed E-state index contributed by atoms with van der Waals surface area (Å²) in [6, 6.07) is 9.96. The van der Waals surface area contributed by atoms with Gasteiger partial charge in [0.1, 0.15) is 6.54 Å². The number of hydrogen-bond acceptors (Lipinski definition) is 6. The van der Waals surface area contributed by atoms with E-state index in [4.69, 9.17) is 17.0 Å². The molecular formula is C22H28N4O4S. The van der Waals surface area contributed by atoms with Gasteiger partial charge in [0.2, 0.25) is 11.8 Å². The molecule has 9 heteroatoms. The van der Waals surface area contributed by atoms with E-state index in [9.17, 15) is 14.4 Å². The fourth-order valence-electron chi connectivity index (χ4n) is 4.78. The van der Waals surface area contributed by atoms with E-state index < -0.39 is 0 Å². The van der Waals surface area contributed by atoms with Gasteiger partial charge in [-0.15, -0.1) is 0 Å². The van der Waals surface area contributed by atoms with Crippen molar-refractivity contribution in [3.05, 3.63) is 30.3 Å². The van der Waals surface area contributed by atoms with Gasteiger partial charge in [0.25, 0.3) is 0 Å². The molecule has 0 aromatic heterocycles. The molecule has 2 amide bonds. The fourth-order valence-corrected chi connectivity index (χ4v) is 5.09. The van der Waals surface area contributed by atoms with E-state index in [2.05, 4.69) is 22.3 Å². The van der Waals surface area contributed by atoms with Gasteiger partial charge in [-0.05, 0) is 43.6 Å². The summed E-state index contributed by atoms with van der Waals surface area (Å²) < 4.78 is 4.85. The van der Waals surface area contributed by atoms with Crippen molar-refractivity contribution in [3.63, 3.8) is 0 Å². The second-order valence-corrected chi connectivity index (χ2v) is 8.71. The first-order valence-electron chi connectivity index (χ1n) is 10.8. The van der Waals surface area contributed by atoms with Crippen molar-refractivity contribution in [1.29, 1.82) is 0 Å². The van der Waals surface area contributed by atoms with Crippen LogP contribution in [-0.4, -0.2) is 78.6 Å². The molecule has 2 heterocycles. The van der Waals surface area contributed by atoms with Crippen LogP contribution in [-0.2, 0) is 19.1 Å². The minimum Gasteiger partial charge on any atom is -0.469 e. The monoisotopic (exact) mass is 444 g/mol. The quantitative estimate of drug-likeness (QED) is 0.548. The normalized spacial score (nSPS) is 26.2. The number of amides is 2. The van der Waals surface area contributed by atoms with Crippen LogP contribution in [0.25, 0.3) is 0 Å². The predicted octanol–water partition coefficient (Wildman–Crippen LogP) is 1.01. The number of nitrogens with one attached hydrogen (secondary N) is 1. The number of esters is 1. The van der Waals surface area contributed by atoms with Crippen LogP contribution in [0.2, 0.25) is 0 Å². The maximum absolute atomic E-state index is 13.1. The molecule has 31 heavy (non-hydrogen) atoms. The number of rotatable bonds is 4. The van der Waals surface area contributed by atoms with Crippen molar-refractivity contribution in [2.45, 2.75) is 25.3 Å². The molecule has 3 fully saturated rings. The van der Waals surface area contributed by atoms with Gasteiger partial charge in [0.05, 0.1) is 18.9 Å². The summed E-state index contributed by atoms with van der Waals surface area (Å²) in [5.74, 6) is -0.940. The zero-order chi connectivity index (χ0) is 22.0. The highest BCUT2D eigenvalue weighted by molar-refractivity contribution is 7.80. The summed E-state index contributed by atoms with van der Waals surface area (Å²) in [7, 11) is 1.38. The van der Waals surface area contributed by atoms with Crippen LogP contribution in [0.5, 0.6) is 0 Å². The van der Waals surface area contributed by atoms with Gasteiger partial charge in [-0.25, -0.2) is 0 Å². The summed E-state index contributed by atoms with van der Waals surface area (Å²) in [4.78, 5) is 43.3. The average Bonchev–Trinajstić information content (AvgIpc) is 2.81. The van der Waals surface area contributed by atoms with Gasteiger partial charge in [-0.2, -0.15) is 0 Å². The Morgan fingerprint density at radius 2 is 1.84 bits per heavy atom. The summed E-state index contributed by atoms with van der Waals surface area (Å²) in [6.45, 7) is 2.70. The van der Waals surface area contributed by atoms with Crippen molar-refractivity contribution in [2.75, 3.05) is 44.7 Å². The van der Waals surface area contributed by atoms with Crippen LogP contribution < -0.4 is 10.2 Å². The molecule has 0 radical (unpaired) electrons. The fraction of sp³-hybridized carbons (Fsp3) is 0.545. The first-order chi connectivity index (χ1) is 15.0. The van der Waals surface area contributed by atoms with Crippen LogP contribution in [0, 0.1) is 11.8 Å². The van der Waals surface area contributed by atoms with Crippen molar-refractivity contribution >= 4 is 40.8 Å². The van der Waals surface area contributed by atoms with E-state index in [1.807, 2.05) is 18.2 Å². The van der Waals surface area contributed by atoms with Crippen molar-refractivity contribution < 1.29 is 19.1 Å². The highest BCUT2D eigenvalue weighted by atomic mass is 32.1. The second-order valence-electron chi connectivity index (χ2n) is 8.32. The van der Waals surface area contributed by atoms with Gasteiger partial charge in [0.15, 0.2) is 5.11 Å². The zero-order valence-electron chi connectivity index (χ0n) is 17.7. The van der Waals surface area contributed by atoms with Crippen LogP contribution in [0.4, 0.5) is 5.69 Å². The number of piperazine rings is 1. The minimum atomic E-state index is -0.268. The van der Waals surface area contributed by atoms with Crippen molar-refractivity contribution in [1.82, 2.24) is 15.1 Å². The maximum atomic E-state index is 13.1. The highest BCUT2D eigenvalue weighted by Gasteiger charge is 2.45. The molecule has 2 saturated heterocycles. The first kappa shape index (κ1) is 21.5. The Labute approximate surface area is 187 Å². The molecule has 1 N–H and O–H groups in total. The lowest BCUT2D eigenvalue weighted by Gasteiger charge is -2.43. The largest absolute Gasteiger partial charge is 0.469 e. The van der Waals surface area contributed by atoms with E-state index in [1.165, 1.54) is 12.0 Å². The third-order valence-electron chi connectivity index (χ3n) is 6.57. The number of carbonyl (C=O) groups is 3. The lowest BCUT2D eigenvalue weighted by atomic mass is 9.76. The number of methoxy groups -OCH3 is 1. The summed E-state index contributed by atoms with van der Waals surface area (Å²) >= 11 is 5.41. The third kappa shape index (κ3) is 4.51. The number of thiocarbonyl (C=S) groups is 1. The number of nitrogens with zero attached hydrogens (tertiary/aromatic N) is 3. The molecule has 0 bridgehead atoms. The Hall–Kier alpha value is -2.68. The Bertz CT molecular complexity index is 856. The lowest BCUT2D eigenvalue weighted by molar-refractivity contribution is -0.149. The summed E-state index contributed by atoms with van der Waals surface area (Å²) in [5, 5.41) is 3.47. The van der Waals surface area contributed by atoms with Gasteiger partial charge < -0.3 is 19.9 Å². The van der Waals surface area contributed by atoms with Crippen LogP contribution in [0.3, 0.4) is 0 Å². The molecule has 2 aliphatic heterocycles. The number of para-hydroxylation sites is 1. The molecule has 4 rings (SSSR count). The Balaban J connectivity index is 1.32. The number of hydrogen-bond donors (Lipinski definition) is 1. The van der Waals surface area contributed by atoms with Gasteiger partial charge in [-0.1, -0.05) is 18.2 Å². The van der Waals surface area contributed by atoms with E-state index in [0.717, 1.165) is 18.8 Å². The molecule has 0 spiro atoms. The van der Waals surface area contributed by atoms with Gasteiger partial charge >= 0.3 is 5.97 Å². The maximum Gasteiger partial charge on any atom is 0.308 e. The molecule has 8 nitrogen and oxygen atoms in total. The van der Waals surface area contributed by atoms with Crippen LogP contribution >= 0.6 is 12.2 Å². The first-order valence-corrected chi connectivity index (χ1v) is 11.2. The number of anilines is 1. The van der Waals surface area contributed by atoms with E-state index >= 15 is 0 Å².